The molecule has 0 bridgehead atoms. The zero-order chi connectivity index (χ0) is 10.2. The molecule has 3 nitrogen and oxygen atoms in total. The molecular formula is C11H16O3. The van der Waals surface area contributed by atoms with E-state index in [0.717, 1.165) is 12.2 Å². The molecule has 0 saturated carbocycles. The summed E-state index contributed by atoms with van der Waals surface area (Å²) >= 11 is 0. The van der Waals surface area contributed by atoms with Gasteiger partial charge in [0.15, 0.2) is 5.79 Å². The molecule has 0 amide bonds. The molecule has 1 fully saturated rings. The molecular weight excluding hydrogens is 180 g/mol. The van der Waals surface area contributed by atoms with E-state index in [-0.39, 0.29) is 12.2 Å². The van der Waals surface area contributed by atoms with E-state index in [9.17, 15) is 0 Å². The van der Waals surface area contributed by atoms with E-state index < -0.39 is 5.79 Å². The summed E-state index contributed by atoms with van der Waals surface area (Å²) in [4.78, 5) is 0. The monoisotopic (exact) mass is 196 g/mol. The Labute approximate surface area is 84.0 Å². The second-order valence-electron chi connectivity index (χ2n) is 4.19. The molecule has 0 aromatic carbocycles. The van der Waals surface area contributed by atoms with Crippen molar-refractivity contribution in [2.24, 2.45) is 0 Å². The van der Waals surface area contributed by atoms with Gasteiger partial charge in [-0.05, 0) is 32.9 Å². The molecule has 2 rings (SSSR count). The third-order valence-electron chi connectivity index (χ3n) is 2.32. The van der Waals surface area contributed by atoms with Crippen molar-refractivity contribution in [3.8, 4) is 0 Å². The second-order valence-corrected chi connectivity index (χ2v) is 4.19. The van der Waals surface area contributed by atoms with Gasteiger partial charge in [-0.15, -0.1) is 0 Å². The SMILES string of the molecule is C[C@H]1C[C@@H](c2ccco2)OC(C)(C)O1. The first-order chi connectivity index (χ1) is 6.57. The molecule has 2 atom stereocenters. The van der Waals surface area contributed by atoms with Crippen molar-refractivity contribution in [3.63, 3.8) is 0 Å². The maximum absolute atomic E-state index is 5.77. The van der Waals surface area contributed by atoms with Gasteiger partial charge in [0, 0.05) is 6.42 Å². The summed E-state index contributed by atoms with van der Waals surface area (Å²) in [5, 5.41) is 0. The molecule has 1 aliphatic rings. The predicted molar refractivity (Wildman–Crippen MR) is 51.8 cm³/mol. The molecule has 0 radical (unpaired) electrons. The molecule has 1 saturated heterocycles. The van der Waals surface area contributed by atoms with Gasteiger partial charge in [0.1, 0.15) is 11.9 Å². The quantitative estimate of drug-likeness (QED) is 0.692. The van der Waals surface area contributed by atoms with Crippen LogP contribution in [-0.2, 0) is 9.47 Å². The number of rotatable bonds is 1. The molecule has 1 aromatic rings. The van der Waals surface area contributed by atoms with Crippen LogP contribution in [0.1, 0.15) is 39.1 Å². The predicted octanol–water partition coefficient (Wildman–Crippen LogP) is 2.88. The van der Waals surface area contributed by atoms with Gasteiger partial charge in [-0.2, -0.15) is 0 Å². The topological polar surface area (TPSA) is 31.6 Å². The summed E-state index contributed by atoms with van der Waals surface area (Å²) in [5.41, 5.74) is 0. The zero-order valence-electron chi connectivity index (χ0n) is 8.82. The van der Waals surface area contributed by atoms with Crippen LogP contribution < -0.4 is 0 Å². The third-order valence-corrected chi connectivity index (χ3v) is 2.32. The summed E-state index contributed by atoms with van der Waals surface area (Å²) in [6.07, 6.45) is 2.74. The average molecular weight is 196 g/mol. The van der Waals surface area contributed by atoms with Crippen LogP contribution >= 0.6 is 0 Å². The summed E-state index contributed by atoms with van der Waals surface area (Å²) < 4.78 is 16.7. The van der Waals surface area contributed by atoms with Crippen molar-refractivity contribution < 1.29 is 13.9 Å². The maximum Gasteiger partial charge on any atom is 0.164 e. The van der Waals surface area contributed by atoms with Crippen LogP contribution in [0, 0.1) is 0 Å². The van der Waals surface area contributed by atoms with Gasteiger partial charge in [0.05, 0.1) is 12.4 Å². The fraction of sp³-hybridized carbons (Fsp3) is 0.636. The van der Waals surface area contributed by atoms with E-state index in [1.807, 2.05) is 26.0 Å². The highest BCUT2D eigenvalue weighted by atomic mass is 16.7. The smallest absolute Gasteiger partial charge is 0.164 e. The summed E-state index contributed by atoms with van der Waals surface area (Å²) in [6, 6.07) is 3.82. The average Bonchev–Trinajstić information content (AvgIpc) is 2.51. The molecule has 0 aliphatic carbocycles. The molecule has 0 spiro atoms. The number of hydrogen-bond acceptors (Lipinski definition) is 3. The van der Waals surface area contributed by atoms with Gasteiger partial charge in [-0.3, -0.25) is 0 Å². The van der Waals surface area contributed by atoms with E-state index in [1.165, 1.54) is 0 Å². The minimum absolute atomic E-state index is 0.0174. The van der Waals surface area contributed by atoms with Crippen molar-refractivity contribution in [3.05, 3.63) is 24.2 Å². The lowest BCUT2D eigenvalue weighted by Crippen LogP contribution is -2.39. The molecule has 1 aliphatic heterocycles. The van der Waals surface area contributed by atoms with Gasteiger partial charge >= 0.3 is 0 Å². The van der Waals surface area contributed by atoms with Crippen LogP contribution in [0.4, 0.5) is 0 Å². The van der Waals surface area contributed by atoms with E-state index in [0.29, 0.717) is 0 Å². The Bertz CT molecular complexity index is 289. The minimum atomic E-state index is -0.519. The second kappa shape index (κ2) is 3.41. The van der Waals surface area contributed by atoms with Gasteiger partial charge < -0.3 is 13.9 Å². The minimum Gasteiger partial charge on any atom is -0.467 e. The van der Waals surface area contributed by atoms with E-state index in [4.69, 9.17) is 13.9 Å². The van der Waals surface area contributed by atoms with E-state index >= 15 is 0 Å². The number of ether oxygens (including phenoxy) is 2. The fourth-order valence-electron chi connectivity index (χ4n) is 1.90. The molecule has 14 heavy (non-hydrogen) atoms. The molecule has 3 heteroatoms. The van der Waals surface area contributed by atoms with Crippen LogP contribution in [-0.4, -0.2) is 11.9 Å². The number of furan rings is 1. The van der Waals surface area contributed by atoms with Crippen molar-refractivity contribution in [1.82, 2.24) is 0 Å². The molecule has 2 heterocycles. The lowest BCUT2D eigenvalue weighted by Gasteiger charge is -2.38. The highest BCUT2D eigenvalue weighted by Crippen LogP contribution is 2.35. The molecule has 78 valence electrons. The Balaban J connectivity index is 2.14. The standard InChI is InChI=1S/C11H16O3/c1-8-7-10(9-5-4-6-12-9)14-11(2,3)13-8/h4-6,8,10H,7H2,1-3H3/t8-,10-/m0/s1. The van der Waals surface area contributed by atoms with Gasteiger partial charge in [0.2, 0.25) is 0 Å². The molecule has 1 aromatic heterocycles. The van der Waals surface area contributed by atoms with Crippen molar-refractivity contribution in [2.45, 2.75) is 45.2 Å². The Morgan fingerprint density at radius 1 is 1.36 bits per heavy atom. The largest absolute Gasteiger partial charge is 0.467 e. The first kappa shape index (κ1) is 9.74. The van der Waals surface area contributed by atoms with Crippen molar-refractivity contribution in [1.29, 1.82) is 0 Å². The zero-order valence-corrected chi connectivity index (χ0v) is 8.82. The third kappa shape index (κ3) is 1.99. The summed E-state index contributed by atoms with van der Waals surface area (Å²) in [5.74, 6) is 0.364. The molecule has 0 unspecified atom stereocenters. The Morgan fingerprint density at radius 3 is 2.71 bits per heavy atom. The Hall–Kier alpha value is -0.800. The Morgan fingerprint density at radius 2 is 2.14 bits per heavy atom. The first-order valence-electron chi connectivity index (χ1n) is 4.96. The van der Waals surface area contributed by atoms with Crippen molar-refractivity contribution in [2.75, 3.05) is 0 Å². The van der Waals surface area contributed by atoms with E-state index in [2.05, 4.69) is 6.92 Å². The normalized spacial score (nSPS) is 31.6. The summed E-state index contributed by atoms with van der Waals surface area (Å²) in [7, 11) is 0. The van der Waals surface area contributed by atoms with Gasteiger partial charge in [-0.1, -0.05) is 0 Å². The summed E-state index contributed by atoms with van der Waals surface area (Å²) in [6.45, 7) is 5.91. The Kier molecular flexibility index (Phi) is 2.37. The first-order valence-corrected chi connectivity index (χ1v) is 4.96. The van der Waals surface area contributed by atoms with Crippen LogP contribution in [0.25, 0.3) is 0 Å². The van der Waals surface area contributed by atoms with Crippen LogP contribution in [0.2, 0.25) is 0 Å². The highest BCUT2D eigenvalue weighted by Gasteiger charge is 2.35. The van der Waals surface area contributed by atoms with Gasteiger partial charge in [-0.25, -0.2) is 0 Å². The van der Waals surface area contributed by atoms with Crippen LogP contribution in [0.15, 0.2) is 22.8 Å². The lowest BCUT2D eigenvalue weighted by atomic mass is 10.1. The number of hydrogen-bond donors (Lipinski definition) is 0. The lowest BCUT2D eigenvalue weighted by molar-refractivity contribution is -0.301. The van der Waals surface area contributed by atoms with Gasteiger partial charge in [0.25, 0.3) is 0 Å². The van der Waals surface area contributed by atoms with Crippen LogP contribution in [0.3, 0.4) is 0 Å². The van der Waals surface area contributed by atoms with Crippen LogP contribution in [0.5, 0.6) is 0 Å². The van der Waals surface area contributed by atoms with E-state index in [1.54, 1.807) is 6.26 Å². The van der Waals surface area contributed by atoms with Crippen molar-refractivity contribution >= 4 is 0 Å². The fourth-order valence-corrected chi connectivity index (χ4v) is 1.90. The molecule has 0 N–H and O–H groups in total. The maximum atomic E-state index is 5.77. The highest BCUT2D eigenvalue weighted by molar-refractivity contribution is 5.03.